The van der Waals surface area contributed by atoms with Crippen molar-refractivity contribution in [3.05, 3.63) is 0 Å². The largest absolute Gasteiger partial charge is 0.481 e. The topological polar surface area (TPSA) is 43.8 Å². The first-order valence-corrected chi connectivity index (χ1v) is 5.92. The van der Waals surface area contributed by atoms with Gasteiger partial charge in [-0.15, -0.1) is 0 Å². The number of aliphatic carboxylic acids is 1. The lowest BCUT2D eigenvalue weighted by Gasteiger charge is -2.28. The highest BCUT2D eigenvalue weighted by atomic mass is 16.4. The maximum absolute atomic E-state index is 11.0. The van der Waals surface area contributed by atoms with Crippen molar-refractivity contribution in [2.45, 2.75) is 20.3 Å². The SMILES string of the molecule is CN1CCC(CN(C)CC(C)(C)C(=O)O)C1. The summed E-state index contributed by atoms with van der Waals surface area (Å²) >= 11 is 0. The minimum Gasteiger partial charge on any atom is -0.481 e. The van der Waals surface area contributed by atoms with Gasteiger partial charge in [-0.1, -0.05) is 0 Å². The maximum Gasteiger partial charge on any atom is 0.310 e. The van der Waals surface area contributed by atoms with Gasteiger partial charge in [0.25, 0.3) is 0 Å². The van der Waals surface area contributed by atoms with E-state index in [1.54, 1.807) is 13.8 Å². The highest BCUT2D eigenvalue weighted by Crippen LogP contribution is 2.20. The maximum atomic E-state index is 11.0. The van der Waals surface area contributed by atoms with Crippen LogP contribution in [-0.4, -0.2) is 61.2 Å². The van der Waals surface area contributed by atoms with E-state index in [0.29, 0.717) is 12.5 Å². The molecule has 1 fully saturated rings. The van der Waals surface area contributed by atoms with Crippen molar-refractivity contribution in [3.8, 4) is 0 Å². The van der Waals surface area contributed by atoms with Gasteiger partial charge in [0.05, 0.1) is 5.41 Å². The number of carboxylic acid groups (broad SMARTS) is 1. The predicted octanol–water partition coefficient (Wildman–Crippen LogP) is 0.981. The van der Waals surface area contributed by atoms with Crippen molar-refractivity contribution in [3.63, 3.8) is 0 Å². The smallest absolute Gasteiger partial charge is 0.310 e. The van der Waals surface area contributed by atoms with Crippen LogP contribution >= 0.6 is 0 Å². The monoisotopic (exact) mass is 228 g/mol. The number of nitrogens with zero attached hydrogens (tertiary/aromatic N) is 2. The van der Waals surface area contributed by atoms with Crippen molar-refractivity contribution in [2.75, 3.05) is 40.3 Å². The Labute approximate surface area is 98.2 Å². The third-order valence-corrected chi connectivity index (χ3v) is 3.30. The second kappa shape index (κ2) is 5.15. The average molecular weight is 228 g/mol. The standard InChI is InChI=1S/C12H24N2O2/c1-12(2,11(15)16)9-14(4)8-10-5-6-13(3)7-10/h10H,5-9H2,1-4H3,(H,15,16). The number of carboxylic acids is 1. The Morgan fingerprint density at radius 3 is 2.62 bits per heavy atom. The van der Waals surface area contributed by atoms with Gasteiger partial charge in [-0.05, 0) is 46.8 Å². The van der Waals surface area contributed by atoms with Crippen LogP contribution in [0, 0.1) is 11.3 Å². The van der Waals surface area contributed by atoms with Gasteiger partial charge in [0.15, 0.2) is 0 Å². The number of hydrogen-bond acceptors (Lipinski definition) is 3. The number of hydrogen-bond donors (Lipinski definition) is 1. The fraction of sp³-hybridized carbons (Fsp3) is 0.917. The molecule has 0 saturated carbocycles. The molecule has 1 aliphatic rings. The van der Waals surface area contributed by atoms with Gasteiger partial charge in [0.2, 0.25) is 0 Å². The minimum absolute atomic E-state index is 0.614. The Hall–Kier alpha value is -0.610. The van der Waals surface area contributed by atoms with Gasteiger partial charge >= 0.3 is 5.97 Å². The average Bonchev–Trinajstić information content (AvgIpc) is 2.49. The summed E-state index contributed by atoms with van der Waals surface area (Å²) < 4.78 is 0. The minimum atomic E-state index is -0.720. The molecule has 4 heteroatoms. The van der Waals surface area contributed by atoms with E-state index in [2.05, 4.69) is 16.8 Å². The summed E-state index contributed by atoms with van der Waals surface area (Å²) in [5.41, 5.74) is -0.654. The second-order valence-electron chi connectivity index (χ2n) is 5.80. The molecular formula is C12H24N2O2. The zero-order valence-corrected chi connectivity index (χ0v) is 10.9. The third kappa shape index (κ3) is 3.76. The zero-order chi connectivity index (χ0) is 12.3. The van der Waals surface area contributed by atoms with E-state index in [0.717, 1.165) is 13.1 Å². The summed E-state index contributed by atoms with van der Waals surface area (Å²) in [6, 6.07) is 0. The van der Waals surface area contributed by atoms with Crippen LogP contribution in [0.2, 0.25) is 0 Å². The van der Waals surface area contributed by atoms with Crippen LogP contribution in [-0.2, 0) is 4.79 Å². The van der Waals surface area contributed by atoms with Gasteiger partial charge in [-0.25, -0.2) is 0 Å². The molecule has 1 rings (SSSR count). The second-order valence-corrected chi connectivity index (χ2v) is 5.80. The van der Waals surface area contributed by atoms with Crippen molar-refractivity contribution in [2.24, 2.45) is 11.3 Å². The van der Waals surface area contributed by atoms with Crippen molar-refractivity contribution in [1.82, 2.24) is 9.80 Å². The van der Waals surface area contributed by atoms with Crippen LogP contribution in [0.15, 0.2) is 0 Å². The van der Waals surface area contributed by atoms with E-state index in [4.69, 9.17) is 5.11 Å². The molecule has 1 heterocycles. The van der Waals surface area contributed by atoms with Crippen LogP contribution in [0.25, 0.3) is 0 Å². The third-order valence-electron chi connectivity index (χ3n) is 3.30. The van der Waals surface area contributed by atoms with E-state index in [9.17, 15) is 4.79 Å². The molecule has 1 atom stereocenters. The van der Waals surface area contributed by atoms with Crippen molar-refractivity contribution < 1.29 is 9.90 Å². The quantitative estimate of drug-likeness (QED) is 0.762. The first-order chi connectivity index (χ1) is 7.31. The molecule has 1 saturated heterocycles. The molecule has 0 radical (unpaired) electrons. The van der Waals surface area contributed by atoms with Crippen LogP contribution in [0.4, 0.5) is 0 Å². The molecule has 1 N–H and O–H groups in total. The van der Waals surface area contributed by atoms with Crippen LogP contribution in [0.5, 0.6) is 0 Å². The van der Waals surface area contributed by atoms with E-state index >= 15 is 0 Å². The summed E-state index contributed by atoms with van der Waals surface area (Å²) in [6.07, 6.45) is 1.23. The van der Waals surface area contributed by atoms with E-state index in [1.807, 2.05) is 7.05 Å². The molecule has 0 amide bonds. The Morgan fingerprint density at radius 1 is 1.56 bits per heavy atom. The van der Waals surface area contributed by atoms with Crippen LogP contribution < -0.4 is 0 Å². The van der Waals surface area contributed by atoms with Crippen molar-refractivity contribution in [1.29, 1.82) is 0 Å². The lowest BCUT2D eigenvalue weighted by atomic mass is 9.93. The van der Waals surface area contributed by atoms with E-state index in [1.165, 1.54) is 13.0 Å². The molecular weight excluding hydrogens is 204 g/mol. The molecule has 0 aromatic heterocycles. The predicted molar refractivity (Wildman–Crippen MR) is 64.5 cm³/mol. The van der Waals surface area contributed by atoms with E-state index < -0.39 is 11.4 Å². The zero-order valence-electron chi connectivity index (χ0n) is 10.9. The molecule has 1 unspecified atom stereocenters. The molecule has 94 valence electrons. The number of carbonyl (C=O) groups is 1. The Morgan fingerprint density at radius 2 is 2.19 bits per heavy atom. The lowest BCUT2D eigenvalue weighted by Crippen LogP contribution is -2.39. The Balaban J connectivity index is 2.36. The van der Waals surface area contributed by atoms with Crippen LogP contribution in [0.1, 0.15) is 20.3 Å². The van der Waals surface area contributed by atoms with Gasteiger partial charge in [-0.2, -0.15) is 0 Å². The fourth-order valence-corrected chi connectivity index (χ4v) is 2.42. The van der Waals surface area contributed by atoms with Gasteiger partial charge in [0, 0.05) is 19.6 Å². The molecule has 0 aromatic carbocycles. The molecule has 16 heavy (non-hydrogen) atoms. The highest BCUT2D eigenvalue weighted by molar-refractivity contribution is 5.73. The summed E-state index contributed by atoms with van der Waals surface area (Å²) in [5, 5.41) is 9.06. The van der Waals surface area contributed by atoms with Gasteiger partial charge in [-0.3, -0.25) is 4.79 Å². The van der Waals surface area contributed by atoms with Crippen molar-refractivity contribution >= 4 is 5.97 Å². The number of likely N-dealkylation sites (tertiary alicyclic amines) is 1. The molecule has 0 aliphatic carbocycles. The normalized spacial score (nSPS) is 22.9. The molecule has 0 aromatic rings. The summed E-state index contributed by atoms with van der Waals surface area (Å²) in [7, 11) is 4.16. The van der Waals surface area contributed by atoms with Crippen LogP contribution in [0.3, 0.4) is 0 Å². The highest BCUT2D eigenvalue weighted by Gasteiger charge is 2.30. The Bertz CT molecular complexity index is 253. The first-order valence-electron chi connectivity index (χ1n) is 5.92. The summed E-state index contributed by atoms with van der Waals surface area (Å²) in [5.74, 6) is -0.0255. The van der Waals surface area contributed by atoms with Gasteiger partial charge in [0.1, 0.15) is 0 Å². The molecule has 0 spiro atoms. The molecule has 4 nitrogen and oxygen atoms in total. The lowest BCUT2D eigenvalue weighted by molar-refractivity contribution is -0.147. The molecule has 0 bridgehead atoms. The molecule has 1 aliphatic heterocycles. The van der Waals surface area contributed by atoms with Gasteiger partial charge < -0.3 is 14.9 Å². The summed E-state index contributed by atoms with van der Waals surface area (Å²) in [4.78, 5) is 15.5. The van der Waals surface area contributed by atoms with E-state index in [-0.39, 0.29) is 0 Å². The number of rotatable bonds is 5. The fourth-order valence-electron chi connectivity index (χ4n) is 2.42. The summed E-state index contributed by atoms with van der Waals surface area (Å²) in [6.45, 7) is 7.49. The Kier molecular flexibility index (Phi) is 4.33. The first kappa shape index (κ1) is 13.5.